The number of halogens is 1. The number of aromatic nitrogens is 2. The van der Waals surface area contributed by atoms with Gasteiger partial charge >= 0.3 is 0 Å². The summed E-state index contributed by atoms with van der Waals surface area (Å²) in [5.41, 5.74) is 0.965. The minimum atomic E-state index is -0.745. The van der Waals surface area contributed by atoms with Gasteiger partial charge in [-0.15, -0.1) is 0 Å². The minimum Gasteiger partial charge on any atom is -0.370 e. The topological polar surface area (TPSA) is 44.1 Å². The first-order valence-corrected chi connectivity index (χ1v) is 8.00. The second kappa shape index (κ2) is 8.02. The molecule has 1 aromatic carbocycles. The van der Waals surface area contributed by atoms with E-state index >= 15 is 0 Å². The summed E-state index contributed by atoms with van der Waals surface area (Å²) < 4.78 is 21.2. The molecule has 0 bridgehead atoms. The van der Waals surface area contributed by atoms with E-state index in [1.165, 1.54) is 6.33 Å². The Hall–Kier alpha value is -2.01. The molecule has 124 valence electrons. The van der Waals surface area contributed by atoms with Crippen molar-refractivity contribution in [1.29, 1.82) is 0 Å². The number of nitrogens with zero attached hydrogens (tertiary/aromatic N) is 2. The third kappa shape index (κ3) is 4.05. The average molecular weight is 318 g/mol. The van der Waals surface area contributed by atoms with E-state index in [1.54, 1.807) is 4.57 Å². The summed E-state index contributed by atoms with van der Waals surface area (Å²) in [4.78, 5) is 16.1. The molecule has 0 aliphatic rings. The van der Waals surface area contributed by atoms with E-state index in [1.807, 2.05) is 51.1 Å². The van der Waals surface area contributed by atoms with Crippen LogP contribution in [0.1, 0.15) is 55.7 Å². The normalized spacial score (nSPS) is 12.6. The molecule has 5 heteroatoms. The SMILES string of the molecule is CCC(CC)OCC(=O)c1c(F)ncn1[C@H](C)c1ccccc1. The van der Waals surface area contributed by atoms with Crippen LogP contribution in [0.4, 0.5) is 4.39 Å². The van der Waals surface area contributed by atoms with Gasteiger partial charge in [-0.2, -0.15) is 4.39 Å². The Bertz CT molecular complexity index is 636. The van der Waals surface area contributed by atoms with E-state index in [-0.39, 0.29) is 30.2 Å². The number of rotatable bonds is 8. The van der Waals surface area contributed by atoms with Gasteiger partial charge in [0.15, 0.2) is 0 Å². The largest absolute Gasteiger partial charge is 0.370 e. The van der Waals surface area contributed by atoms with Crippen LogP contribution in [0.15, 0.2) is 36.7 Å². The summed E-state index contributed by atoms with van der Waals surface area (Å²) in [6.07, 6.45) is 3.04. The minimum absolute atomic E-state index is 0.0185. The van der Waals surface area contributed by atoms with Gasteiger partial charge in [0.05, 0.1) is 18.5 Å². The average Bonchev–Trinajstić information content (AvgIpc) is 2.97. The Morgan fingerprint density at radius 3 is 2.52 bits per heavy atom. The van der Waals surface area contributed by atoms with Crippen LogP contribution < -0.4 is 0 Å². The van der Waals surface area contributed by atoms with Crippen LogP contribution in [0.5, 0.6) is 0 Å². The van der Waals surface area contributed by atoms with E-state index < -0.39 is 5.95 Å². The van der Waals surface area contributed by atoms with Gasteiger partial charge in [-0.3, -0.25) is 4.79 Å². The molecule has 0 unspecified atom stereocenters. The highest BCUT2D eigenvalue weighted by atomic mass is 19.1. The summed E-state index contributed by atoms with van der Waals surface area (Å²) in [6, 6.07) is 9.45. The van der Waals surface area contributed by atoms with Crippen molar-refractivity contribution >= 4 is 5.78 Å². The monoisotopic (exact) mass is 318 g/mol. The number of ether oxygens (including phenoxy) is 1. The van der Waals surface area contributed by atoms with Gasteiger partial charge in [-0.1, -0.05) is 44.2 Å². The zero-order chi connectivity index (χ0) is 16.8. The van der Waals surface area contributed by atoms with Gasteiger partial charge in [0.2, 0.25) is 11.7 Å². The van der Waals surface area contributed by atoms with Crippen LogP contribution >= 0.6 is 0 Å². The lowest BCUT2D eigenvalue weighted by Gasteiger charge is -2.17. The number of Topliss-reactive ketones (excluding diaryl/α,β-unsaturated/α-hetero) is 1. The molecule has 0 aliphatic carbocycles. The Balaban J connectivity index is 2.19. The molecule has 23 heavy (non-hydrogen) atoms. The number of benzene rings is 1. The van der Waals surface area contributed by atoms with E-state index in [0.29, 0.717) is 0 Å². The highest BCUT2D eigenvalue weighted by Crippen LogP contribution is 2.21. The van der Waals surface area contributed by atoms with Crippen LogP contribution in [0.2, 0.25) is 0 Å². The number of hydrogen-bond donors (Lipinski definition) is 0. The van der Waals surface area contributed by atoms with Gasteiger partial charge < -0.3 is 9.30 Å². The molecule has 0 amide bonds. The van der Waals surface area contributed by atoms with Crippen molar-refractivity contribution in [1.82, 2.24) is 9.55 Å². The molecule has 0 spiro atoms. The van der Waals surface area contributed by atoms with Crippen molar-refractivity contribution in [3.63, 3.8) is 0 Å². The van der Waals surface area contributed by atoms with Crippen LogP contribution in [0.3, 0.4) is 0 Å². The zero-order valence-corrected chi connectivity index (χ0v) is 13.8. The molecule has 1 heterocycles. The van der Waals surface area contributed by atoms with E-state index in [0.717, 1.165) is 18.4 Å². The fourth-order valence-corrected chi connectivity index (χ4v) is 2.57. The first kappa shape index (κ1) is 17.3. The lowest BCUT2D eigenvalue weighted by Crippen LogP contribution is -2.21. The van der Waals surface area contributed by atoms with Crippen LogP contribution in [-0.4, -0.2) is 28.0 Å². The van der Waals surface area contributed by atoms with Crippen molar-refractivity contribution in [2.45, 2.75) is 45.8 Å². The van der Waals surface area contributed by atoms with Crippen molar-refractivity contribution in [3.8, 4) is 0 Å². The maximum atomic E-state index is 14.0. The zero-order valence-electron chi connectivity index (χ0n) is 13.8. The van der Waals surface area contributed by atoms with Gasteiger partial charge in [0, 0.05) is 0 Å². The van der Waals surface area contributed by atoms with Gasteiger partial charge in [-0.05, 0) is 25.3 Å². The predicted molar refractivity (Wildman–Crippen MR) is 87.1 cm³/mol. The lowest BCUT2D eigenvalue weighted by molar-refractivity contribution is 0.0412. The predicted octanol–water partition coefficient (Wildman–Crippen LogP) is 4.02. The molecular weight excluding hydrogens is 295 g/mol. The second-order valence-electron chi connectivity index (χ2n) is 5.55. The van der Waals surface area contributed by atoms with Gasteiger partial charge in [0.25, 0.3) is 0 Å². The quantitative estimate of drug-likeness (QED) is 0.691. The lowest BCUT2D eigenvalue weighted by atomic mass is 10.1. The smallest absolute Gasteiger partial charge is 0.242 e. The van der Waals surface area contributed by atoms with Crippen molar-refractivity contribution in [3.05, 3.63) is 53.9 Å². The highest BCUT2D eigenvalue weighted by Gasteiger charge is 2.23. The van der Waals surface area contributed by atoms with Crippen LogP contribution in [-0.2, 0) is 4.74 Å². The molecule has 1 atom stereocenters. The number of carbonyl (C=O) groups is 1. The first-order chi connectivity index (χ1) is 11.1. The number of carbonyl (C=O) groups excluding carboxylic acids is 1. The molecule has 0 radical (unpaired) electrons. The summed E-state index contributed by atoms with van der Waals surface area (Å²) >= 11 is 0. The molecule has 0 aliphatic heterocycles. The van der Waals surface area contributed by atoms with E-state index in [4.69, 9.17) is 4.74 Å². The van der Waals surface area contributed by atoms with Gasteiger partial charge in [0.1, 0.15) is 12.3 Å². The fraction of sp³-hybridized carbons (Fsp3) is 0.444. The Morgan fingerprint density at radius 1 is 1.26 bits per heavy atom. The third-order valence-corrected chi connectivity index (χ3v) is 4.07. The molecular formula is C18H23FN2O2. The molecule has 0 saturated carbocycles. The van der Waals surface area contributed by atoms with Crippen molar-refractivity contribution < 1.29 is 13.9 Å². The third-order valence-electron chi connectivity index (χ3n) is 4.07. The molecule has 1 aromatic heterocycles. The first-order valence-electron chi connectivity index (χ1n) is 8.00. The van der Waals surface area contributed by atoms with E-state index in [2.05, 4.69) is 4.98 Å². The molecule has 2 aromatic rings. The summed E-state index contributed by atoms with van der Waals surface area (Å²) in [5.74, 6) is -1.12. The molecule has 0 N–H and O–H groups in total. The summed E-state index contributed by atoms with van der Waals surface area (Å²) in [6.45, 7) is 5.79. The van der Waals surface area contributed by atoms with E-state index in [9.17, 15) is 9.18 Å². The maximum Gasteiger partial charge on any atom is 0.242 e. The van der Waals surface area contributed by atoms with Crippen molar-refractivity contribution in [2.75, 3.05) is 6.61 Å². The Labute approximate surface area is 136 Å². The summed E-state index contributed by atoms with van der Waals surface area (Å²) in [5, 5.41) is 0. The number of imidazole rings is 1. The second-order valence-corrected chi connectivity index (χ2v) is 5.55. The molecule has 0 saturated heterocycles. The van der Waals surface area contributed by atoms with Crippen LogP contribution in [0, 0.1) is 5.95 Å². The molecule has 0 fully saturated rings. The van der Waals surface area contributed by atoms with Crippen LogP contribution in [0.25, 0.3) is 0 Å². The van der Waals surface area contributed by atoms with Gasteiger partial charge in [-0.25, -0.2) is 4.98 Å². The highest BCUT2D eigenvalue weighted by molar-refractivity contribution is 5.95. The summed E-state index contributed by atoms with van der Waals surface area (Å²) in [7, 11) is 0. The fourth-order valence-electron chi connectivity index (χ4n) is 2.57. The maximum absolute atomic E-state index is 14.0. The number of ketones is 1. The molecule has 4 nitrogen and oxygen atoms in total. The van der Waals surface area contributed by atoms with Crippen molar-refractivity contribution in [2.24, 2.45) is 0 Å². The molecule has 2 rings (SSSR count). The standard InChI is InChI=1S/C18H23FN2O2/c1-4-15(5-2)23-11-16(22)17-18(19)20-12-21(17)13(3)14-9-7-6-8-10-14/h6-10,12-13,15H,4-5,11H2,1-3H3/t13-/m1/s1. The Morgan fingerprint density at radius 2 is 1.91 bits per heavy atom. The number of hydrogen-bond acceptors (Lipinski definition) is 3. The Kier molecular flexibility index (Phi) is 6.04.